The maximum Gasteiger partial charge on any atom is 0.266 e. The van der Waals surface area contributed by atoms with Crippen LogP contribution in [0.1, 0.15) is 105 Å². The third-order valence-corrected chi connectivity index (χ3v) is 10.0. The van der Waals surface area contributed by atoms with Gasteiger partial charge < -0.3 is 21.3 Å². The molecule has 0 unspecified atom stereocenters. The number of carbonyl (C=O) groups is 4. The first-order chi connectivity index (χ1) is 24.1. The second-order valence-electron chi connectivity index (χ2n) is 14.0. The second-order valence-corrected chi connectivity index (χ2v) is 14.0. The Morgan fingerprint density at radius 3 is 2.12 bits per heavy atom. The number of benzene rings is 2. The maximum atomic E-state index is 14.0. The van der Waals surface area contributed by atoms with Crippen LogP contribution in [-0.2, 0) is 27.3 Å². The maximum absolute atomic E-state index is 14.0. The van der Waals surface area contributed by atoms with Gasteiger partial charge >= 0.3 is 0 Å². The molecule has 4 N–H and O–H groups in total. The smallest absolute Gasteiger partial charge is 0.266 e. The largest absolute Gasteiger partial charge is 0.364 e. The zero-order valence-corrected chi connectivity index (χ0v) is 29.8. The molecule has 1 aromatic heterocycles. The van der Waals surface area contributed by atoms with Crippen molar-refractivity contribution in [1.29, 1.82) is 0 Å². The van der Waals surface area contributed by atoms with Gasteiger partial charge in [-0.15, -0.1) is 0 Å². The first-order valence-corrected chi connectivity index (χ1v) is 18.3. The van der Waals surface area contributed by atoms with Crippen molar-refractivity contribution in [2.24, 2.45) is 11.7 Å². The van der Waals surface area contributed by atoms with E-state index < -0.39 is 17.9 Å². The van der Waals surface area contributed by atoms with E-state index in [0.717, 1.165) is 63.7 Å². The van der Waals surface area contributed by atoms with Gasteiger partial charge in [-0.05, 0) is 61.9 Å². The topological polar surface area (TPSA) is 143 Å². The highest BCUT2D eigenvalue weighted by molar-refractivity contribution is 5.97. The van der Waals surface area contributed by atoms with Crippen molar-refractivity contribution in [3.05, 3.63) is 83.2 Å². The fraction of sp³-hybridized carbons (Fsp3) is 0.513. The summed E-state index contributed by atoms with van der Waals surface area (Å²) in [5, 5.41) is 10.8. The molecule has 11 heteroatoms. The molecule has 0 spiro atoms. The third-order valence-electron chi connectivity index (χ3n) is 10.0. The van der Waals surface area contributed by atoms with Gasteiger partial charge in [0.2, 0.25) is 17.7 Å². The van der Waals surface area contributed by atoms with Gasteiger partial charge in [0.25, 0.3) is 5.91 Å². The highest BCUT2D eigenvalue weighted by atomic mass is 16.2. The van der Waals surface area contributed by atoms with E-state index in [1.807, 2.05) is 61.2 Å². The average Bonchev–Trinajstić information content (AvgIpc) is 3.39. The molecule has 2 atom stereocenters. The van der Waals surface area contributed by atoms with E-state index in [0.29, 0.717) is 36.6 Å². The van der Waals surface area contributed by atoms with E-state index in [2.05, 4.69) is 27.7 Å². The number of nitrogens with one attached hydrogen (secondary N) is 2. The van der Waals surface area contributed by atoms with E-state index in [-0.39, 0.29) is 36.1 Å². The number of aromatic nitrogens is 2. The summed E-state index contributed by atoms with van der Waals surface area (Å²) in [5.41, 5.74) is 9.33. The van der Waals surface area contributed by atoms with Crippen molar-refractivity contribution in [2.75, 3.05) is 31.5 Å². The monoisotopic (exact) mass is 683 g/mol. The Morgan fingerprint density at radius 1 is 0.880 bits per heavy atom. The summed E-state index contributed by atoms with van der Waals surface area (Å²) < 4.78 is 1.61. The Morgan fingerprint density at radius 2 is 1.54 bits per heavy atom. The molecule has 1 aliphatic carbocycles. The fourth-order valence-electron chi connectivity index (χ4n) is 7.24. The molecule has 268 valence electrons. The van der Waals surface area contributed by atoms with Gasteiger partial charge in [-0.1, -0.05) is 75.1 Å². The van der Waals surface area contributed by atoms with Crippen LogP contribution in [0.5, 0.6) is 0 Å². The molecule has 11 nitrogen and oxygen atoms in total. The van der Waals surface area contributed by atoms with Gasteiger partial charge in [0.05, 0.1) is 11.6 Å². The Bertz CT molecular complexity index is 1590. The summed E-state index contributed by atoms with van der Waals surface area (Å²) in [5.74, 6) is -1.40. The summed E-state index contributed by atoms with van der Waals surface area (Å²) in [7, 11) is 0. The summed E-state index contributed by atoms with van der Waals surface area (Å²) in [6, 6.07) is 18.7. The number of anilines is 1. The lowest BCUT2D eigenvalue weighted by atomic mass is 9.83. The number of nitrogens with two attached hydrogens (primary N) is 1. The molecule has 3 aromatic rings. The van der Waals surface area contributed by atoms with Crippen molar-refractivity contribution in [3.8, 4) is 0 Å². The van der Waals surface area contributed by atoms with Gasteiger partial charge in [-0.2, -0.15) is 5.10 Å². The Balaban J connectivity index is 1.26. The van der Waals surface area contributed by atoms with E-state index in [4.69, 9.17) is 10.8 Å². The molecule has 2 aliphatic rings. The fourth-order valence-corrected chi connectivity index (χ4v) is 7.24. The zero-order chi connectivity index (χ0) is 35.6. The van der Waals surface area contributed by atoms with Crippen molar-refractivity contribution < 1.29 is 19.2 Å². The predicted octanol–water partition coefficient (Wildman–Crippen LogP) is 5.04. The number of rotatable bonds is 13. The van der Waals surface area contributed by atoms with Crippen LogP contribution in [0.25, 0.3) is 0 Å². The number of carbonyl (C=O) groups excluding carboxylic acids is 4. The molecule has 1 saturated carbocycles. The van der Waals surface area contributed by atoms with Crippen molar-refractivity contribution in [3.63, 3.8) is 0 Å². The van der Waals surface area contributed by atoms with Crippen LogP contribution in [0.15, 0.2) is 60.7 Å². The summed E-state index contributed by atoms with van der Waals surface area (Å²) >= 11 is 0. The standard InChI is InChI=1S/C39H53N7O4/c1-4-35(47)42-33(39(50)45-22-20-44(21-23-45)26-29-12-8-7-9-13-29)24-28-16-18-31(19-17-28)41-38(49)36(30-14-10-5-6-11-15-30)32-25-34(37(40)48)46(43-32)27(2)3/h7-9,12-13,16-19,25,27,30,33,36H,4-6,10-11,14-15,20-24,26H2,1-3H3,(H2,40,48)(H,41,49)(H,42,47)/t33-,36+/m1/s1. The predicted molar refractivity (Wildman–Crippen MR) is 194 cm³/mol. The zero-order valence-electron chi connectivity index (χ0n) is 29.8. The molecule has 0 radical (unpaired) electrons. The lowest BCUT2D eigenvalue weighted by molar-refractivity contribution is -0.138. The molecule has 2 heterocycles. The summed E-state index contributed by atoms with van der Waals surface area (Å²) in [4.78, 5) is 56.7. The SMILES string of the molecule is CCC(=O)N[C@H](Cc1ccc(NC(=O)[C@H](c2cc(C(N)=O)n(C(C)C)n2)C2CCCCCC2)cc1)C(=O)N1CCN(Cc2ccccc2)CC1. The van der Waals surface area contributed by atoms with Crippen LogP contribution < -0.4 is 16.4 Å². The van der Waals surface area contributed by atoms with Crippen molar-refractivity contribution in [1.82, 2.24) is 24.9 Å². The highest BCUT2D eigenvalue weighted by Crippen LogP contribution is 2.36. The normalized spacial score (nSPS) is 17.2. The minimum Gasteiger partial charge on any atom is -0.364 e. The molecular weight excluding hydrogens is 630 g/mol. The van der Waals surface area contributed by atoms with Crippen LogP contribution in [0.4, 0.5) is 5.69 Å². The van der Waals surface area contributed by atoms with Crippen LogP contribution in [0, 0.1) is 5.92 Å². The molecule has 1 aliphatic heterocycles. The summed E-state index contributed by atoms with van der Waals surface area (Å²) in [6.07, 6.45) is 6.85. The van der Waals surface area contributed by atoms with Gasteiger partial charge in [0, 0.05) is 57.3 Å². The number of primary amides is 1. The Kier molecular flexibility index (Phi) is 12.8. The number of piperazine rings is 1. The van der Waals surface area contributed by atoms with Gasteiger partial charge in [-0.25, -0.2) is 0 Å². The first kappa shape index (κ1) is 36.8. The van der Waals surface area contributed by atoms with Crippen LogP contribution in [0.2, 0.25) is 0 Å². The second kappa shape index (κ2) is 17.4. The highest BCUT2D eigenvalue weighted by Gasteiger charge is 2.34. The molecule has 1 saturated heterocycles. The Labute approximate surface area is 296 Å². The molecule has 50 heavy (non-hydrogen) atoms. The van der Waals surface area contributed by atoms with Gasteiger partial charge in [0.15, 0.2) is 0 Å². The number of nitrogens with zero attached hydrogens (tertiary/aromatic N) is 4. The molecule has 5 rings (SSSR count). The van der Waals surface area contributed by atoms with Crippen LogP contribution in [-0.4, -0.2) is 75.4 Å². The number of hydrogen-bond donors (Lipinski definition) is 3. The van der Waals surface area contributed by atoms with Crippen molar-refractivity contribution >= 4 is 29.3 Å². The van der Waals surface area contributed by atoms with Gasteiger partial charge in [-0.3, -0.25) is 28.8 Å². The first-order valence-electron chi connectivity index (χ1n) is 18.3. The lowest BCUT2D eigenvalue weighted by Crippen LogP contribution is -2.55. The molecular formula is C39H53N7O4. The minimum atomic E-state index is -0.682. The number of hydrogen-bond acceptors (Lipinski definition) is 6. The van der Waals surface area contributed by atoms with E-state index in [9.17, 15) is 19.2 Å². The van der Waals surface area contributed by atoms with Crippen LogP contribution >= 0.6 is 0 Å². The van der Waals surface area contributed by atoms with Gasteiger partial charge in [0.1, 0.15) is 11.7 Å². The van der Waals surface area contributed by atoms with Crippen LogP contribution in [0.3, 0.4) is 0 Å². The lowest BCUT2D eigenvalue weighted by Gasteiger charge is -2.36. The van der Waals surface area contributed by atoms with E-state index in [1.54, 1.807) is 17.7 Å². The van der Waals surface area contributed by atoms with E-state index >= 15 is 0 Å². The summed E-state index contributed by atoms with van der Waals surface area (Å²) in [6.45, 7) is 9.25. The molecule has 2 fully saturated rings. The average molecular weight is 684 g/mol. The number of amides is 4. The quantitative estimate of drug-likeness (QED) is 0.216. The molecule has 0 bridgehead atoms. The molecule has 2 aromatic carbocycles. The molecule has 4 amide bonds. The third kappa shape index (κ3) is 9.59. The minimum absolute atomic E-state index is 0.0778. The Hall–Kier alpha value is -4.51. The van der Waals surface area contributed by atoms with E-state index in [1.165, 1.54) is 5.56 Å². The van der Waals surface area contributed by atoms with Crippen molar-refractivity contribution in [2.45, 2.75) is 96.7 Å².